The van der Waals surface area contributed by atoms with Crippen molar-refractivity contribution >= 4 is 29.3 Å². The van der Waals surface area contributed by atoms with Gasteiger partial charge in [0.25, 0.3) is 0 Å². The van der Waals surface area contributed by atoms with Gasteiger partial charge in [-0.1, -0.05) is 53.7 Å². The lowest BCUT2D eigenvalue weighted by molar-refractivity contribution is -0.134. The zero-order valence-corrected chi connectivity index (χ0v) is 19.9. The lowest BCUT2D eigenvalue weighted by atomic mass is 10.1. The SMILES string of the molecule is O=C(C(Sc1nnc(-c2ccc(Cl)cc2)n1Cc1ccco1)c1ccccc1)N1CCOCC1. The van der Waals surface area contributed by atoms with Crippen LogP contribution in [0.2, 0.25) is 5.02 Å². The first-order valence-electron chi connectivity index (χ1n) is 11.0. The van der Waals surface area contributed by atoms with E-state index in [0.717, 1.165) is 16.9 Å². The Morgan fingerprint density at radius 3 is 2.47 bits per heavy atom. The standard InChI is InChI=1S/C25H23ClN4O3S/c26-20-10-8-19(9-11-20)23-27-28-25(30(23)17-21-7-4-14-33-21)34-22(18-5-2-1-3-6-18)24(31)29-12-15-32-16-13-29/h1-11,14,22H,12-13,15-17H2. The first kappa shape index (κ1) is 22.7. The van der Waals surface area contributed by atoms with Crippen LogP contribution >= 0.6 is 23.4 Å². The molecule has 5 rings (SSSR count). The van der Waals surface area contributed by atoms with Crippen LogP contribution in [0.25, 0.3) is 11.4 Å². The molecule has 7 nitrogen and oxygen atoms in total. The first-order valence-corrected chi connectivity index (χ1v) is 12.2. The molecule has 34 heavy (non-hydrogen) atoms. The Morgan fingerprint density at radius 1 is 1.00 bits per heavy atom. The molecule has 1 atom stereocenters. The number of amides is 1. The highest BCUT2D eigenvalue weighted by Crippen LogP contribution is 2.38. The van der Waals surface area contributed by atoms with E-state index < -0.39 is 5.25 Å². The van der Waals surface area contributed by atoms with Gasteiger partial charge in [-0.3, -0.25) is 9.36 Å². The first-order chi connectivity index (χ1) is 16.7. The summed E-state index contributed by atoms with van der Waals surface area (Å²) in [5, 5.41) is 9.80. The van der Waals surface area contributed by atoms with Crippen molar-refractivity contribution in [3.63, 3.8) is 0 Å². The second-order valence-electron chi connectivity index (χ2n) is 7.82. The van der Waals surface area contributed by atoms with Crippen LogP contribution in [0.15, 0.2) is 82.6 Å². The summed E-state index contributed by atoms with van der Waals surface area (Å²) in [6.07, 6.45) is 1.64. The number of morpholine rings is 1. The molecule has 0 saturated carbocycles. The van der Waals surface area contributed by atoms with Crippen molar-refractivity contribution in [1.29, 1.82) is 0 Å². The number of aromatic nitrogens is 3. The Hall–Kier alpha value is -3.07. The number of carbonyl (C=O) groups is 1. The van der Waals surface area contributed by atoms with Gasteiger partial charge < -0.3 is 14.1 Å². The molecule has 4 aromatic rings. The largest absolute Gasteiger partial charge is 0.467 e. The van der Waals surface area contributed by atoms with Crippen molar-refractivity contribution < 1.29 is 13.9 Å². The van der Waals surface area contributed by atoms with Gasteiger partial charge >= 0.3 is 0 Å². The zero-order chi connectivity index (χ0) is 23.3. The predicted octanol–water partition coefficient (Wildman–Crippen LogP) is 4.93. The third-order valence-corrected chi connectivity index (χ3v) is 7.06. The van der Waals surface area contributed by atoms with E-state index in [1.807, 2.05) is 76.2 Å². The second-order valence-corrected chi connectivity index (χ2v) is 9.33. The van der Waals surface area contributed by atoms with Crippen molar-refractivity contribution in [2.45, 2.75) is 17.0 Å². The Kier molecular flexibility index (Phi) is 6.99. The molecule has 1 fully saturated rings. The Bertz CT molecular complexity index is 1220. The molecule has 2 aromatic heterocycles. The molecule has 9 heteroatoms. The maximum absolute atomic E-state index is 13.6. The lowest BCUT2D eigenvalue weighted by Crippen LogP contribution is -2.42. The van der Waals surface area contributed by atoms with Gasteiger partial charge in [-0.05, 0) is 42.0 Å². The number of hydrogen-bond donors (Lipinski definition) is 0. The molecule has 1 amide bonds. The highest BCUT2D eigenvalue weighted by Gasteiger charge is 2.30. The molecule has 0 aliphatic carbocycles. The fourth-order valence-electron chi connectivity index (χ4n) is 3.83. The van der Waals surface area contributed by atoms with Crippen LogP contribution in [0.3, 0.4) is 0 Å². The minimum absolute atomic E-state index is 0.0418. The van der Waals surface area contributed by atoms with Gasteiger partial charge in [0.15, 0.2) is 11.0 Å². The van der Waals surface area contributed by atoms with Crippen molar-refractivity contribution in [3.05, 3.63) is 89.3 Å². The molecule has 0 radical (unpaired) electrons. The number of hydrogen-bond acceptors (Lipinski definition) is 6. The van der Waals surface area contributed by atoms with E-state index in [9.17, 15) is 4.79 Å². The summed E-state index contributed by atoms with van der Waals surface area (Å²) in [7, 11) is 0. The minimum Gasteiger partial charge on any atom is -0.467 e. The topological polar surface area (TPSA) is 73.4 Å². The molecular formula is C25H23ClN4O3S. The number of ether oxygens (including phenoxy) is 1. The maximum atomic E-state index is 13.6. The summed E-state index contributed by atoms with van der Waals surface area (Å²) in [5.41, 5.74) is 1.80. The van der Waals surface area contributed by atoms with E-state index in [4.69, 9.17) is 20.8 Å². The Balaban J connectivity index is 1.52. The van der Waals surface area contributed by atoms with Crippen molar-refractivity contribution in [2.75, 3.05) is 26.3 Å². The van der Waals surface area contributed by atoms with E-state index in [1.54, 1.807) is 6.26 Å². The van der Waals surface area contributed by atoms with Crippen LogP contribution in [0.4, 0.5) is 0 Å². The van der Waals surface area contributed by atoms with E-state index >= 15 is 0 Å². The van der Waals surface area contributed by atoms with E-state index in [0.29, 0.717) is 48.9 Å². The number of carbonyl (C=O) groups excluding carboxylic acids is 1. The lowest BCUT2D eigenvalue weighted by Gasteiger charge is -2.30. The van der Waals surface area contributed by atoms with Crippen LogP contribution in [0.5, 0.6) is 0 Å². The third-order valence-electron chi connectivity index (χ3n) is 5.59. The second kappa shape index (κ2) is 10.5. The summed E-state index contributed by atoms with van der Waals surface area (Å²) in [6, 6.07) is 21.0. The van der Waals surface area contributed by atoms with Crippen molar-refractivity contribution in [1.82, 2.24) is 19.7 Å². The zero-order valence-electron chi connectivity index (χ0n) is 18.3. The van der Waals surface area contributed by atoms with Gasteiger partial charge in [0.05, 0.1) is 26.0 Å². The van der Waals surface area contributed by atoms with Crippen molar-refractivity contribution in [2.24, 2.45) is 0 Å². The average Bonchev–Trinajstić information content (AvgIpc) is 3.54. The van der Waals surface area contributed by atoms with Crippen LogP contribution in [0, 0.1) is 0 Å². The smallest absolute Gasteiger partial charge is 0.240 e. The molecule has 1 unspecified atom stereocenters. The highest BCUT2D eigenvalue weighted by molar-refractivity contribution is 8.00. The summed E-state index contributed by atoms with van der Waals surface area (Å²) in [5.74, 6) is 1.49. The van der Waals surface area contributed by atoms with Gasteiger partial charge in [0.1, 0.15) is 11.0 Å². The monoisotopic (exact) mass is 494 g/mol. The predicted molar refractivity (Wildman–Crippen MR) is 131 cm³/mol. The van der Waals surface area contributed by atoms with E-state index in [2.05, 4.69) is 10.2 Å². The molecule has 1 saturated heterocycles. The minimum atomic E-state index is -0.461. The molecule has 174 valence electrons. The summed E-state index contributed by atoms with van der Waals surface area (Å²) in [4.78, 5) is 15.5. The maximum Gasteiger partial charge on any atom is 0.240 e. The van der Waals surface area contributed by atoms with E-state index in [1.165, 1.54) is 11.8 Å². The van der Waals surface area contributed by atoms with Crippen molar-refractivity contribution in [3.8, 4) is 11.4 Å². The number of nitrogens with zero attached hydrogens (tertiary/aromatic N) is 4. The van der Waals surface area contributed by atoms with Crippen LogP contribution in [-0.2, 0) is 16.1 Å². The number of halogens is 1. The van der Waals surface area contributed by atoms with E-state index in [-0.39, 0.29) is 5.91 Å². The number of benzene rings is 2. The summed E-state index contributed by atoms with van der Waals surface area (Å²) >= 11 is 7.49. The molecule has 0 N–H and O–H groups in total. The number of thioether (sulfide) groups is 1. The third kappa shape index (κ3) is 5.04. The van der Waals surface area contributed by atoms with Crippen LogP contribution < -0.4 is 0 Å². The molecule has 1 aliphatic heterocycles. The van der Waals surface area contributed by atoms with Gasteiger partial charge in [0.2, 0.25) is 5.91 Å². The fraction of sp³-hybridized carbons (Fsp3) is 0.240. The summed E-state index contributed by atoms with van der Waals surface area (Å²) < 4.78 is 13.0. The summed E-state index contributed by atoms with van der Waals surface area (Å²) in [6.45, 7) is 2.70. The quantitative estimate of drug-likeness (QED) is 0.339. The highest BCUT2D eigenvalue weighted by atomic mass is 35.5. The molecule has 2 aromatic carbocycles. The number of furan rings is 1. The normalized spacial score (nSPS) is 14.8. The van der Waals surface area contributed by atoms with Gasteiger partial charge in [-0.2, -0.15) is 0 Å². The Labute approximate surface area is 206 Å². The molecule has 0 bridgehead atoms. The fourth-order valence-corrected chi connectivity index (χ4v) is 5.08. The van der Waals surface area contributed by atoms with Gasteiger partial charge in [-0.25, -0.2) is 0 Å². The Morgan fingerprint density at radius 2 is 1.76 bits per heavy atom. The average molecular weight is 495 g/mol. The molecule has 3 heterocycles. The van der Waals surface area contributed by atoms with Crippen LogP contribution in [-0.4, -0.2) is 51.9 Å². The number of rotatable bonds is 7. The van der Waals surface area contributed by atoms with Gasteiger partial charge in [0, 0.05) is 23.7 Å². The molecular weight excluding hydrogens is 472 g/mol. The molecule has 1 aliphatic rings. The molecule has 0 spiro atoms. The van der Waals surface area contributed by atoms with Crippen LogP contribution in [0.1, 0.15) is 16.6 Å². The van der Waals surface area contributed by atoms with Gasteiger partial charge in [-0.15, -0.1) is 10.2 Å².